The number of piperazine rings is 1. The molecule has 7 heteroatoms. The number of hydrogen-bond donors (Lipinski definition) is 1. The summed E-state index contributed by atoms with van der Waals surface area (Å²) in [6, 6.07) is 2.34. The molecular weight excluding hydrogens is 310 g/mol. The van der Waals surface area contributed by atoms with Crippen molar-refractivity contribution in [3.05, 3.63) is 17.8 Å². The van der Waals surface area contributed by atoms with E-state index in [1.54, 1.807) is 17.7 Å². The van der Waals surface area contributed by atoms with Crippen molar-refractivity contribution in [1.29, 1.82) is 0 Å². The molecule has 2 aliphatic heterocycles. The lowest BCUT2D eigenvalue weighted by atomic mass is 10.1. The normalized spacial score (nSPS) is 25.3. The molecule has 1 N–H and O–H groups in total. The van der Waals surface area contributed by atoms with Crippen molar-refractivity contribution in [1.82, 2.24) is 20.2 Å². The number of nitrogens with one attached hydrogen (secondary N) is 1. The molecule has 122 valence electrons. The minimum atomic E-state index is -0.0849. The van der Waals surface area contributed by atoms with Gasteiger partial charge in [0.05, 0.1) is 5.39 Å². The van der Waals surface area contributed by atoms with Gasteiger partial charge in [0.15, 0.2) is 0 Å². The van der Waals surface area contributed by atoms with Gasteiger partial charge in [0.1, 0.15) is 23.0 Å². The third-order valence-electron chi connectivity index (χ3n) is 4.73. The Morgan fingerprint density at radius 2 is 2.30 bits per heavy atom. The molecule has 4 heterocycles. The third kappa shape index (κ3) is 2.68. The van der Waals surface area contributed by atoms with Crippen molar-refractivity contribution in [3.8, 4) is 0 Å². The van der Waals surface area contributed by atoms with Gasteiger partial charge in [-0.1, -0.05) is 0 Å². The summed E-state index contributed by atoms with van der Waals surface area (Å²) in [7, 11) is 0. The summed E-state index contributed by atoms with van der Waals surface area (Å²) in [5, 5.41) is 6.49. The van der Waals surface area contributed by atoms with Crippen molar-refractivity contribution >= 4 is 33.3 Å². The molecule has 0 radical (unpaired) electrons. The van der Waals surface area contributed by atoms with E-state index in [0.717, 1.165) is 55.1 Å². The number of anilines is 1. The summed E-state index contributed by atoms with van der Waals surface area (Å²) in [5.74, 6) is 1.16. The fraction of sp³-hybridized carbons (Fsp3) is 0.562. The van der Waals surface area contributed by atoms with Crippen LogP contribution in [0.25, 0.3) is 10.2 Å². The van der Waals surface area contributed by atoms with Crippen LogP contribution in [0.5, 0.6) is 0 Å². The highest BCUT2D eigenvalue weighted by atomic mass is 32.1. The Morgan fingerprint density at radius 1 is 1.39 bits per heavy atom. The van der Waals surface area contributed by atoms with Gasteiger partial charge in [0.25, 0.3) is 0 Å². The van der Waals surface area contributed by atoms with Crippen LogP contribution in [0, 0.1) is 0 Å². The Balaban J connectivity index is 1.61. The molecule has 6 nitrogen and oxygen atoms in total. The summed E-state index contributed by atoms with van der Waals surface area (Å²) in [4.78, 5) is 27.0. The molecule has 2 aromatic heterocycles. The van der Waals surface area contributed by atoms with Crippen LogP contribution in [0.2, 0.25) is 0 Å². The van der Waals surface area contributed by atoms with Crippen LogP contribution in [-0.4, -0.2) is 59.0 Å². The number of hydrogen-bond acceptors (Lipinski definition) is 6. The van der Waals surface area contributed by atoms with Crippen molar-refractivity contribution in [3.63, 3.8) is 0 Å². The molecule has 1 amide bonds. The number of amides is 1. The van der Waals surface area contributed by atoms with Gasteiger partial charge in [-0.25, -0.2) is 9.97 Å². The van der Waals surface area contributed by atoms with Gasteiger partial charge in [-0.05, 0) is 31.2 Å². The molecule has 2 fully saturated rings. The van der Waals surface area contributed by atoms with Crippen LogP contribution in [0.3, 0.4) is 0 Å². The van der Waals surface area contributed by atoms with Gasteiger partial charge in [0, 0.05) is 32.2 Å². The van der Waals surface area contributed by atoms with Crippen molar-refractivity contribution in [2.45, 2.75) is 31.8 Å². The van der Waals surface area contributed by atoms with E-state index in [1.807, 2.05) is 10.3 Å². The fourth-order valence-corrected chi connectivity index (χ4v) is 4.35. The minimum Gasteiger partial charge on any atom is -0.344 e. The first kappa shape index (κ1) is 14.8. The average molecular weight is 331 g/mol. The van der Waals surface area contributed by atoms with E-state index in [2.05, 4.69) is 33.2 Å². The van der Waals surface area contributed by atoms with Gasteiger partial charge in [0.2, 0.25) is 5.91 Å². The van der Waals surface area contributed by atoms with Crippen LogP contribution >= 0.6 is 11.3 Å². The second kappa shape index (κ2) is 6.05. The number of thiophene rings is 1. The van der Waals surface area contributed by atoms with Gasteiger partial charge >= 0.3 is 0 Å². The quantitative estimate of drug-likeness (QED) is 0.903. The topological polar surface area (TPSA) is 61.4 Å². The van der Waals surface area contributed by atoms with Gasteiger partial charge in [-0.2, -0.15) is 0 Å². The summed E-state index contributed by atoms with van der Waals surface area (Å²) < 4.78 is 0. The molecule has 2 atom stereocenters. The van der Waals surface area contributed by atoms with E-state index in [-0.39, 0.29) is 11.9 Å². The minimum absolute atomic E-state index is 0.0849. The van der Waals surface area contributed by atoms with Crippen LogP contribution in [0.4, 0.5) is 5.82 Å². The summed E-state index contributed by atoms with van der Waals surface area (Å²) in [6.45, 7) is 5.49. The van der Waals surface area contributed by atoms with E-state index >= 15 is 0 Å². The standard InChI is InChI=1S/C16H21N5OS/c1-11-9-20(7-5-17-11)16(22)13-3-2-6-21(13)14-12-4-8-23-15(12)19-10-18-14/h4,8,10-11,13,17H,2-3,5-7,9H2,1H3. The second-order valence-corrected chi connectivity index (χ2v) is 7.22. The fourth-order valence-electron chi connectivity index (χ4n) is 3.63. The van der Waals surface area contributed by atoms with E-state index < -0.39 is 0 Å². The van der Waals surface area contributed by atoms with Gasteiger partial charge < -0.3 is 15.1 Å². The zero-order valence-electron chi connectivity index (χ0n) is 13.2. The molecule has 0 spiro atoms. The van der Waals surface area contributed by atoms with Crippen molar-refractivity contribution in [2.75, 3.05) is 31.1 Å². The summed E-state index contributed by atoms with van der Waals surface area (Å²) in [6.07, 6.45) is 3.56. The first-order valence-corrected chi connectivity index (χ1v) is 9.09. The molecular formula is C16H21N5OS. The highest BCUT2D eigenvalue weighted by Gasteiger charge is 2.36. The molecule has 2 aliphatic rings. The van der Waals surface area contributed by atoms with Crippen LogP contribution in [-0.2, 0) is 4.79 Å². The average Bonchev–Trinajstić information content (AvgIpc) is 3.22. The number of aromatic nitrogens is 2. The van der Waals surface area contributed by atoms with Crippen LogP contribution < -0.4 is 10.2 Å². The number of carbonyl (C=O) groups excluding carboxylic acids is 1. The van der Waals surface area contributed by atoms with E-state index in [9.17, 15) is 4.79 Å². The molecule has 0 aliphatic carbocycles. The Labute approximate surface area is 139 Å². The molecule has 0 saturated carbocycles. The molecule has 0 bridgehead atoms. The molecule has 2 saturated heterocycles. The van der Waals surface area contributed by atoms with Gasteiger partial charge in [-0.15, -0.1) is 11.3 Å². The SMILES string of the molecule is CC1CN(C(=O)C2CCCN2c2ncnc3sccc23)CCN1. The Hall–Kier alpha value is -1.73. The Bertz CT molecular complexity index is 717. The Kier molecular flexibility index (Phi) is 3.90. The lowest BCUT2D eigenvalue weighted by Crippen LogP contribution is -2.55. The molecule has 2 unspecified atom stereocenters. The zero-order valence-corrected chi connectivity index (χ0v) is 14.1. The van der Waals surface area contributed by atoms with Crippen molar-refractivity contribution < 1.29 is 4.79 Å². The maximum absolute atomic E-state index is 13.0. The predicted octanol–water partition coefficient (Wildman–Crippen LogP) is 1.48. The third-order valence-corrected chi connectivity index (χ3v) is 5.55. The molecule has 2 aromatic rings. The maximum Gasteiger partial charge on any atom is 0.245 e. The van der Waals surface area contributed by atoms with E-state index in [1.165, 1.54) is 0 Å². The molecule has 0 aromatic carbocycles. The highest BCUT2D eigenvalue weighted by Crippen LogP contribution is 2.32. The first-order chi connectivity index (χ1) is 11.2. The highest BCUT2D eigenvalue weighted by molar-refractivity contribution is 7.16. The monoisotopic (exact) mass is 331 g/mol. The van der Waals surface area contributed by atoms with Crippen molar-refractivity contribution in [2.24, 2.45) is 0 Å². The van der Waals surface area contributed by atoms with E-state index in [0.29, 0.717) is 6.04 Å². The predicted molar refractivity (Wildman–Crippen MR) is 91.8 cm³/mol. The molecule has 23 heavy (non-hydrogen) atoms. The number of carbonyl (C=O) groups is 1. The molecule has 4 rings (SSSR count). The number of nitrogens with zero attached hydrogens (tertiary/aromatic N) is 4. The number of fused-ring (bicyclic) bond motifs is 1. The lowest BCUT2D eigenvalue weighted by molar-refractivity contribution is -0.133. The number of rotatable bonds is 2. The lowest BCUT2D eigenvalue weighted by Gasteiger charge is -2.36. The second-order valence-electron chi connectivity index (χ2n) is 6.33. The zero-order chi connectivity index (χ0) is 15.8. The van der Waals surface area contributed by atoms with Gasteiger partial charge in [-0.3, -0.25) is 4.79 Å². The van der Waals surface area contributed by atoms with Crippen LogP contribution in [0.1, 0.15) is 19.8 Å². The van der Waals surface area contributed by atoms with E-state index in [4.69, 9.17) is 0 Å². The smallest absolute Gasteiger partial charge is 0.245 e. The Morgan fingerprint density at radius 3 is 3.17 bits per heavy atom. The largest absolute Gasteiger partial charge is 0.344 e. The first-order valence-electron chi connectivity index (χ1n) is 8.21. The van der Waals surface area contributed by atoms with Crippen LogP contribution in [0.15, 0.2) is 17.8 Å². The maximum atomic E-state index is 13.0. The summed E-state index contributed by atoms with van der Waals surface area (Å²) in [5.41, 5.74) is 0. The summed E-state index contributed by atoms with van der Waals surface area (Å²) >= 11 is 1.62.